The highest BCUT2D eigenvalue weighted by atomic mass is 19.4. The summed E-state index contributed by atoms with van der Waals surface area (Å²) in [7, 11) is 0. The van der Waals surface area contributed by atoms with Gasteiger partial charge in [-0.2, -0.15) is 13.2 Å². The molecule has 2 heterocycles. The fraction of sp³-hybridized carbons (Fsp3) is 0.607. The molecule has 0 radical (unpaired) electrons. The molecule has 14 heteroatoms. The third-order valence-electron chi connectivity index (χ3n) is 8.31. The van der Waals surface area contributed by atoms with Gasteiger partial charge < -0.3 is 15.1 Å². The molecule has 0 bridgehead atoms. The van der Waals surface area contributed by atoms with Gasteiger partial charge in [-0.15, -0.1) is 0 Å². The van der Waals surface area contributed by atoms with Gasteiger partial charge in [-0.25, -0.2) is 18.4 Å². The molecule has 0 saturated heterocycles. The second-order valence-electron chi connectivity index (χ2n) is 11.7. The number of carbonyl (C=O) groups is 2. The van der Waals surface area contributed by atoms with E-state index in [2.05, 4.69) is 25.9 Å². The lowest BCUT2D eigenvalue weighted by atomic mass is 9.82. The lowest BCUT2D eigenvalue weighted by Crippen LogP contribution is -2.37. The van der Waals surface area contributed by atoms with Crippen molar-refractivity contribution in [3.8, 4) is 0 Å². The standard InChI is InChI=1S/C28H30F5N5O4/c29-27(30)10-7-16(8-11-27)23(36-25(40)24-22(15-3-4-15)37-42-38-24)26-34-18-13-17(5-6-19(18)41-26)21(14-1-2-14)35-20(39)9-12-28(31,32)33/h5-6,13-16,21,23H,1-4,7-12H2,(H,35,39)(H,36,40)/t21?,23-/m0/s1. The number of fused-ring (bicyclic) bond motifs is 1. The molecule has 2 aromatic heterocycles. The fourth-order valence-corrected chi connectivity index (χ4v) is 5.66. The number of alkyl halides is 5. The molecule has 226 valence electrons. The van der Waals surface area contributed by atoms with Crippen molar-refractivity contribution in [2.75, 3.05) is 0 Å². The van der Waals surface area contributed by atoms with Crippen LogP contribution in [0.4, 0.5) is 22.0 Å². The molecule has 2 N–H and O–H groups in total. The number of oxazole rings is 1. The largest absolute Gasteiger partial charge is 0.438 e. The van der Waals surface area contributed by atoms with Gasteiger partial charge in [0.15, 0.2) is 11.3 Å². The van der Waals surface area contributed by atoms with Crippen LogP contribution in [-0.4, -0.2) is 39.2 Å². The van der Waals surface area contributed by atoms with E-state index < -0.39 is 48.8 Å². The molecule has 0 spiro atoms. The van der Waals surface area contributed by atoms with Crippen LogP contribution in [0.3, 0.4) is 0 Å². The minimum atomic E-state index is -4.42. The number of hydrogen-bond acceptors (Lipinski definition) is 7. The van der Waals surface area contributed by atoms with Crippen molar-refractivity contribution in [1.82, 2.24) is 25.9 Å². The maximum atomic E-state index is 14.0. The van der Waals surface area contributed by atoms with Gasteiger partial charge in [0.25, 0.3) is 5.91 Å². The van der Waals surface area contributed by atoms with E-state index in [0.717, 1.165) is 25.7 Å². The Labute approximate surface area is 236 Å². The summed E-state index contributed by atoms with van der Waals surface area (Å²) in [5.41, 5.74) is 1.99. The van der Waals surface area contributed by atoms with Crippen molar-refractivity contribution in [3.05, 3.63) is 41.0 Å². The Balaban J connectivity index is 1.25. The second-order valence-corrected chi connectivity index (χ2v) is 11.7. The van der Waals surface area contributed by atoms with Gasteiger partial charge in [0, 0.05) is 25.2 Å². The molecule has 3 aromatic rings. The Kier molecular flexibility index (Phi) is 7.42. The molecule has 3 aliphatic carbocycles. The minimum absolute atomic E-state index is 0.0515. The maximum Gasteiger partial charge on any atom is 0.389 e. The third-order valence-corrected chi connectivity index (χ3v) is 8.31. The second kappa shape index (κ2) is 10.9. The SMILES string of the molecule is O=C(CCC(F)(F)F)NC(c1ccc2oc([C@@H](NC(=O)c3nonc3C3CC3)C3CCC(F)(F)CC3)nc2c1)C1CC1. The molecule has 42 heavy (non-hydrogen) atoms. The van der Waals surface area contributed by atoms with E-state index in [-0.39, 0.29) is 55.0 Å². The summed E-state index contributed by atoms with van der Waals surface area (Å²) in [5, 5.41) is 13.3. The summed E-state index contributed by atoms with van der Waals surface area (Å²) < 4.78 is 76.6. The Morgan fingerprint density at radius 3 is 2.36 bits per heavy atom. The average Bonchev–Trinajstić information content (AvgIpc) is 3.87. The van der Waals surface area contributed by atoms with Gasteiger partial charge in [-0.05, 0) is 73.2 Å². The Hall–Kier alpha value is -3.58. The number of hydrogen-bond donors (Lipinski definition) is 2. The first kappa shape index (κ1) is 28.5. The molecule has 2 atom stereocenters. The van der Waals surface area contributed by atoms with Crippen LogP contribution in [0.2, 0.25) is 0 Å². The van der Waals surface area contributed by atoms with Crippen molar-refractivity contribution in [3.63, 3.8) is 0 Å². The molecule has 1 aromatic carbocycles. The number of halogens is 5. The summed E-state index contributed by atoms with van der Waals surface area (Å²) in [6.07, 6.45) is -3.27. The average molecular weight is 596 g/mol. The Morgan fingerprint density at radius 1 is 0.976 bits per heavy atom. The van der Waals surface area contributed by atoms with Gasteiger partial charge in [0.2, 0.25) is 17.7 Å². The fourth-order valence-electron chi connectivity index (χ4n) is 5.66. The highest BCUT2D eigenvalue weighted by Crippen LogP contribution is 2.44. The van der Waals surface area contributed by atoms with E-state index in [4.69, 9.17) is 9.05 Å². The summed E-state index contributed by atoms with van der Waals surface area (Å²) in [4.78, 5) is 30.2. The van der Waals surface area contributed by atoms with Crippen LogP contribution in [-0.2, 0) is 4.79 Å². The molecule has 2 amide bonds. The lowest BCUT2D eigenvalue weighted by Gasteiger charge is -2.32. The predicted octanol–water partition coefficient (Wildman–Crippen LogP) is 6.29. The molecule has 6 rings (SSSR count). The first-order valence-corrected chi connectivity index (χ1v) is 14.2. The van der Waals surface area contributed by atoms with Crippen molar-refractivity contribution in [2.45, 2.75) is 94.3 Å². The van der Waals surface area contributed by atoms with Crippen LogP contribution in [0.5, 0.6) is 0 Å². The summed E-state index contributed by atoms with van der Waals surface area (Å²) in [6, 6.07) is 3.78. The van der Waals surface area contributed by atoms with Gasteiger partial charge in [-0.3, -0.25) is 9.59 Å². The number of rotatable bonds is 10. The summed E-state index contributed by atoms with van der Waals surface area (Å²) >= 11 is 0. The van der Waals surface area contributed by atoms with Crippen molar-refractivity contribution in [1.29, 1.82) is 0 Å². The van der Waals surface area contributed by atoms with Gasteiger partial charge in [0.05, 0.1) is 12.5 Å². The normalized spacial score (nSPS) is 20.8. The minimum Gasteiger partial charge on any atom is -0.438 e. The number of carbonyl (C=O) groups excluding carboxylic acids is 2. The highest BCUT2D eigenvalue weighted by molar-refractivity contribution is 5.93. The summed E-state index contributed by atoms with van der Waals surface area (Å²) in [5.74, 6) is -4.06. The molecule has 3 fully saturated rings. The Bertz CT molecular complexity index is 1450. The number of benzene rings is 1. The topological polar surface area (TPSA) is 123 Å². The maximum absolute atomic E-state index is 14.0. The number of amides is 2. The van der Waals surface area contributed by atoms with E-state index in [9.17, 15) is 31.5 Å². The molecule has 9 nitrogen and oxygen atoms in total. The van der Waals surface area contributed by atoms with Crippen LogP contribution in [0.25, 0.3) is 11.1 Å². The summed E-state index contributed by atoms with van der Waals surface area (Å²) in [6.45, 7) is 0. The first-order valence-electron chi connectivity index (χ1n) is 14.2. The van der Waals surface area contributed by atoms with E-state index in [1.165, 1.54) is 0 Å². The molecule has 0 aliphatic heterocycles. The predicted molar refractivity (Wildman–Crippen MR) is 136 cm³/mol. The van der Waals surface area contributed by atoms with Gasteiger partial charge in [-0.1, -0.05) is 11.2 Å². The number of nitrogens with zero attached hydrogens (tertiary/aromatic N) is 3. The first-order chi connectivity index (χ1) is 20.0. The monoisotopic (exact) mass is 595 g/mol. The van der Waals surface area contributed by atoms with Gasteiger partial charge >= 0.3 is 6.18 Å². The quantitative estimate of drug-likeness (QED) is 0.264. The highest BCUT2D eigenvalue weighted by Gasteiger charge is 2.42. The van der Waals surface area contributed by atoms with Crippen molar-refractivity contribution >= 4 is 22.9 Å². The van der Waals surface area contributed by atoms with Crippen molar-refractivity contribution in [2.24, 2.45) is 11.8 Å². The zero-order valence-electron chi connectivity index (χ0n) is 22.6. The van der Waals surface area contributed by atoms with E-state index >= 15 is 0 Å². The number of aromatic nitrogens is 3. The van der Waals surface area contributed by atoms with Gasteiger partial charge in [0.1, 0.15) is 17.3 Å². The van der Waals surface area contributed by atoms with Crippen LogP contribution in [0, 0.1) is 11.8 Å². The lowest BCUT2D eigenvalue weighted by molar-refractivity contribution is -0.144. The van der Waals surface area contributed by atoms with Crippen LogP contribution in [0.15, 0.2) is 27.2 Å². The zero-order valence-corrected chi connectivity index (χ0v) is 22.6. The van der Waals surface area contributed by atoms with E-state index in [0.29, 0.717) is 22.4 Å². The zero-order chi connectivity index (χ0) is 29.6. The van der Waals surface area contributed by atoms with Crippen molar-refractivity contribution < 1.29 is 40.6 Å². The van der Waals surface area contributed by atoms with E-state index in [1.54, 1.807) is 18.2 Å². The van der Waals surface area contributed by atoms with Crippen LogP contribution in [0.1, 0.15) is 110 Å². The van der Waals surface area contributed by atoms with E-state index in [1.807, 2.05) is 0 Å². The molecular weight excluding hydrogens is 565 g/mol. The van der Waals surface area contributed by atoms with Crippen LogP contribution < -0.4 is 10.6 Å². The molecular formula is C28H30F5N5O4. The van der Waals surface area contributed by atoms with Crippen LogP contribution >= 0.6 is 0 Å². The molecule has 3 aliphatic rings. The molecule has 3 saturated carbocycles. The molecule has 1 unspecified atom stereocenters. The smallest absolute Gasteiger partial charge is 0.389 e. The third kappa shape index (κ3) is 6.57. The number of nitrogens with one attached hydrogen (secondary N) is 2. The Morgan fingerprint density at radius 2 is 1.69 bits per heavy atom.